The van der Waals surface area contributed by atoms with Gasteiger partial charge >= 0.3 is 0 Å². The smallest absolute Gasteiger partial charge is 0.251 e. The molecule has 1 aromatic heterocycles. The number of ether oxygens (including phenoxy) is 2. The van der Waals surface area contributed by atoms with Crippen molar-refractivity contribution in [2.24, 2.45) is 0 Å². The zero-order valence-corrected chi connectivity index (χ0v) is 14.8. The standard InChI is InChI=1S/C20H21N3O3/c1-25-18-9-8-17(12-19(18)26-2)20(24)21-13-15-4-6-16(7-5-15)14-23-11-3-10-22-23/h3-12H,13-14H2,1-2H3,(H,21,24). The fourth-order valence-corrected chi connectivity index (χ4v) is 2.61. The van der Waals surface area contributed by atoms with E-state index in [1.807, 2.05) is 41.2 Å². The van der Waals surface area contributed by atoms with Gasteiger partial charge in [0.1, 0.15) is 0 Å². The van der Waals surface area contributed by atoms with E-state index in [1.165, 1.54) is 0 Å². The summed E-state index contributed by atoms with van der Waals surface area (Å²) < 4.78 is 12.3. The van der Waals surface area contributed by atoms with Gasteiger partial charge in [-0.05, 0) is 35.4 Å². The number of aromatic nitrogens is 2. The summed E-state index contributed by atoms with van der Waals surface area (Å²) in [5, 5.41) is 7.11. The van der Waals surface area contributed by atoms with Crippen molar-refractivity contribution in [3.05, 3.63) is 77.6 Å². The van der Waals surface area contributed by atoms with Gasteiger partial charge in [0.25, 0.3) is 5.91 Å². The van der Waals surface area contributed by atoms with Crippen molar-refractivity contribution in [3.63, 3.8) is 0 Å². The lowest BCUT2D eigenvalue weighted by atomic mass is 10.1. The quantitative estimate of drug-likeness (QED) is 0.711. The van der Waals surface area contributed by atoms with Crippen molar-refractivity contribution in [1.29, 1.82) is 0 Å². The van der Waals surface area contributed by atoms with Gasteiger partial charge in [-0.3, -0.25) is 9.48 Å². The monoisotopic (exact) mass is 351 g/mol. The van der Waals surface area contributed by atoms with Crippen molar-refractivity contribution in [1.82, 2.24) is 15.1 Å². The Balaban J connectivity index is 1.59. The van der Waals surface area contributed by atoms with Gasteiger partial charge in [0.15, 0.2) is 11.5 Å². The van der Waals surface area contributed by atoms with E-state index in [-0.39, 0.29) is 5.91 Å². The molecule has 3 aromatic rings. The number of rotatable bonds is 7. The normalized spacial score (nSPS) is 10.4. The first-order chi connectivity index (χ1) is 12.7. The molecule has 0 aliphatic carbocycles. The van der Waals surface area contributed by atoms with Gasteiger partial charge in [-0.1, -0.05) is 24.3 Å². The van der Waals surface area contributed by atoms with Crippen molar-refractivity contribution >= 4 is 5.91 Å². The van der Waals surface area contributed by atoms with Crippen LogP contribution in [-0.2, 0) is 13.1 Å². The molecule has 0 saturated carbocycles. The summed E-state index contributed by atoms with van der Waals surface area (Å²) in [6.07, 6.45) is 3.69. The molecule has 0 fully saturated rings. The number of carbonyl (C=O) groups is 1. The summed E-state index contributed by atoms with van der Waals surface area (Å²) in [5.74, 6) is 0.964. The molecule has 1 amide bonds. The highest BCUT2D eigenvalue weighted by Gasteiger charge is 2.10. The van der Waals surface area contributed by atoms with Gasteiger partial charge in [0, 0.05) is 24.5 Å². The van der Waals surface area contributed by atoms with E-state index in [0.717, 1.165) is 17.7 Å². The number of methoxy groups -OCH3 is 2. The maximum atomic E-state index is 12.3. The van der Waals surface area contributed by atoms with E-state index in [4.69, 9.17) is 9.47 Å². The zero-order chi connectivity index (χ0) is 18.4. The average Bonchev–Trinajstić information content (AvgIpc) is 3.19. The fraction of sp³-hybridized carbons (Fsp3) is 0.200. The predicted molar refractivity (Wildman–Crippen MR) is 98.5 cm³/mol. The summed E-state index contributed by atoms with van der Waals surface area (Å²) in [5.41, 5.74) is 2.71. The molecule has 0 spiro atoms. The third-order valence-corrected chi connectivity index (χ3v) is 4.03. The van der Waals surface area contributed by atoms with Crippen LogP contribution in [-0.4, -0.2) is 29.9 Å². The Bertz CT molecular complexity index is 859. The number of amides is 1. The van der Waals surface area contributed by atoms with Gasteiger partial charge in [-0.2, -0.15) is 5.10 Å². The third-order valence-electron chi connectivity index (χ3n) is 4.03. The lowest BCUT2D eigenvalue weighted by Gasteiger charge is -2.10. The van der Waals surface area contributed by atoms with Gasteiger partial charge in [-0.25, -0.2) is 0 Å². The molecule has 0 atom stereocenters. The first kappa shape index (κ1) is 17.5. The Hall–Kier alpha value is -3.28. The highest BCUT2D eigenvalue weighted by molar-refractivity contribution is 5.94. The lowest BCUT2D eigenvalue weighted by Crippen LogP contribution is -2.22. The lowest BCUT2D eigenvalue weighted by molar-refractivity contribution is 0.0950. The van der Waals surface area contributed by atoms with E-state index in [2.05, 4.69) is 10.4 Å². The molecule has 0 unspecified atom stereocenters. The first-order valence-corrected chi connectivity index (χ1v) is 8.25. The summed E-state index contributed by atoms with van der Waals surface area (Å²) in [6.45, 7) is 1.18. The van der Waals surface area contributed by atoms with Gasteiger partial charge < -0.3 is 14.8 Å². The molecule has 0 saturated heterocycles. The molecule has 0 aliphatic heterocycles. The largest absolute Gasteiger partial charge is 0.493 e. The Morgan fingerprint density at radius 1 is 1.04 bits per heavy atom. The molecule has 6 heteroatoms. The van der Waals surface area contributed by atoms with Crippen LogP contribution in [0.15, 0.2) is 60.9 Å². The Kier molecular flexibility index (Phi) is 5.53. The molecule has 3 rings (SSSR count). The fourth-order valence-electron chi connectivity index (χ4n) is 2.61. The highest BCUT2D eigenvalue weighted by Crippen LogP contribution is 2.27. The molecule has 26 heavy (non-hydrogen) atoms. The number of hydrogen-bond acceptors (Lipinski definition) is 4. The van der Waals surface area contributed by atoms with Crippen LogP contribution < -0.4 is 14.8 Å². The zero-order valence-electron chi connectivity index (χ0n) is 14.8. The van der Waals surface area contributed by atoms with Crippen LogP contribution in [0, 0.1) is 0 Å². The second-order valence-electron chi connectivity index (χ2n) is 5.77. The summed E-state index contributed by atoms with van der Waals surface area (Å²) in [6, 6.07) is 15.1. The van der Waals surface area contributed by atoms with E-state index < -0.39 is 0 Å². The number of hydrogen-bond donors (Lipinski definition) is 1. The minimum absolute atomic E-state index is 0.161. The van der Waals surface area contributed by atoms with Gasteiger partial charge in [0.2, 0.25) is 0 Å². The number of nitrogens with one attached hydrogen (secondary N) is 1. The molecule has 134 valence electrons. The molecule has 2 aromatic carbocycles. The molecule has 0 aliphatic rings. The summed E-state index contributed by atoms with van der Waals surface area (Å²) >= 11 is 0. The van der Waals surface area contributed by atoms with Crippen molar-refractivity contribution in [2.45, 2.75) is 13.1 Å². The topological polar surface area (TPSA) is 65.4 Å². The Labute approximate surface area is 152 Å². The summed E-state index contributed by atoms with van der Waals surface area (Å²) in [7, 11) is 3.11. The minimum atomic E-state index is -0.161. The van der Waals surface area contributed by atoms with E-state index in [0.29, 0.717) is 23.6 Å². The van der Waals surface area contributed by atoms with Crippen LogP contribution in [0.5, 0.6) is 11.5 Å². The molecule has 1 N–H and O–H groups in total. The second kappa shape index (κ2) is 8.20. The van der Waals surface area contributed by atoms with Gasteiger partial charge in [-0.15, -0.1) is 0 Å². The van der Waals surface area contributed by atoms with Crippen LogP contribution in [0.25, 0.3) is 0 Å². The summed E-state index contributed by atoms with van der Waals surface area (Å²) in [4.78, 5) is 12.3. The average molecular weight is 351 g/mol. The van der Waals surface area contributed by atoms with Crippen molar-refractivity contribution in [3.8, 4) is 11.5 Å². The molecular weight excluding hydrogens is 330 g/mol. The maximum absolute atomic E-state index is 12.3. The Morgan fingerprint density at radius 2 is 1.77 bits per heavy atom. The molecule has 6 nitrogen and oxygen atoms in total. The van der Waals surface area contributed by atoms with E-state index >= 15 is 0 Å². The van der Waals surface area contributed by atoms with Crippen LogP contribution in [0.1, 0.15) is 21.5 Å². The third kappa shape index (κ3) is 4.22. The van der Waals surface area contributed by atoms with Gasteiger partial charge in [0.05, 0.1) is 20.8 Å². The molecule has 1 heterocycles. The molecule has 0 radical (unpaired) electrons. The van der Waals surface area contributed by atoms with Crippen LogP contribution >= 0.6 is 0 Å². The Morgan fingerprint density at radius 3 is 2.42 bits per heavy atom. The SMILES string of the molecule is COc1ccc(C(=O)NCc2ccc(Cn3cccn3)cc2)cc1OC. The van der Waals surface area contributed by atoms with Crippen molar-refractivity contribution < 1.29 is 14.3 Å². The van der Waals surface area contributed by atoms with Crippen LogP contribution in [0.3, 0.4) is 0 Å². The molecular formula is C20H21N3O3. The number of nitrogens with zero attached hydrogens (tertiary/aromatic N) is 2. The predicted octanol–water partition coefficient (Wildman–Crippen LogP) is 2.88. The highest BCUT2D eigenvalue weighted by atomic mass is 16.5. The second-order valence-corrected chi connectivity index (χ2v) is 5.77. The van der Waals surface area contributed by atoms with E-state index in [1.54, 1.807) is 38.6 Å². The van der Waals surface area contributed by atoms with E-state index in [9.17, 15) is 4.79 Å². The first-order valence-electron chi connectivity index (χ1n) is 8.25. The minimum Gasteiger partial charge on any atom is -0.493 e. The van der Waals surface area contributed by atoms with Crippen LogP contribution in [0.4, 0.5) is 0 Å². The van der Waals surface area contributed by atoms with Crippen molar-refractivity contribution in [2.75, 3.05) is 14.2 Å². The molecule has 0 bridgehead atoms. The maximum Gasteiger partial charge on any atom is 0.251 e. The number of benzene rings is 2. The van der Waals surface area contributed by atoms with Crippen LogP contribution in [0.2, 0.25) is 0 Å². The number of carbonyl (C=O) groups excluding carboxylic acids is 1.